The Morgan fingerprint density at radius 1 is 1.32 bits per heavy atom. The van der Waals surface area contributed by atoms with E-state index in [0.29, 0.717) is 16.6 Å². The Kier molecular flexibility index (Phi) is 7.01. The number of rotatable bonds is 3. The summed E-state index contributed by atoms with van der Waals surface area (Å²) in [5, 5.41) is 4.74. The molecule has 1 aliphatic rings. The van der Waals surface area contributed by atoms with Gasteiger partial charge in [-0.1, -0.05) is 41.8 Å². The first-order valence-corrected chi connectivity index (χ1v) is 9.61. The summed E-state index contributed by atoms with van der Waals surface area (Å²) in [5.41, 5.74) is 0.496. The highest BCUT2D eigenvalue weighted by atomic mass is 35.5. The lowest BCUT2D eigenvalue weighted by Gasteiger charge is -2.30. The van der Waals surface area contributed by atoms with Gasteiger partial charge in [-0.15, -0.1) is 0 Å². The van der Waals surface area contributed by atoms with E-state index in [0.717, 1.165) is 31.4 Å². The molecule has 0 spiro atoms. The van der Waals surface area contributed by atoms with Crippen LogP contribution in [0.25, 0.3) is 0 Å². The van der Waals surface area contributed by atoms with E-state index in [-0.39, 0.29) is 18.2 Å². The minimum atomic E-state index is -0.478. The summed E-state index contributed by atoms with van der Waals surface area (Å²) in [7, 11) is 0. The van der Waals surface area contributed by atoms with E-state index in [1.165, 1.54) is 0 Å². The van der Waals surface area contributed by atoms with Crippen LogP contribution in [0.15, 0.2) is 18.2 Å². The molecule has 0 radical (unpaired) electrons. The van der Waals surface area contributed by atoms with Crippen molar-refractivity contribution >= 4 is 29.3 Å². The number of hydrogen-bond acceptors (Lipinski definition) is 3. The van der Waals surface area contributed by atoms with Gasteiger partial charge in [0.05, 0.1) is 10.0 Å². The summed E-state index contributed by atoms with van der Waals surface area (Å²) in [5.74, 6) is 0. The molecule has 4 nitrogen and oxygen atoms in total. The number of nitrogens with zero attached hydrogens (tertiary/aromatic N) is 1. The highest BCUT2D eigenvalue weighted by Gasteiger charge is 2.27. The van der Waals surface area contributed by atoms with E-state index < -0.39 is 5.60 Å². The maximum absolute atomic E-state index is 12.4. The van der Waals surface area contributed by atoms with Crippen LogP contribution in [0.3, 0.4) is 0 Å². The van der Waals surface area contributed by atoms with Crippen LogP contribution in [0.1, 0.15) is 58.6 Å². The van der Waals surface area contributed by atoms with Crippen molar-refractivity contribution < 1.29 is 9.53 Å². The third-order valence-electron chi connectivity index (χ3n) is 4.26. The number of ether oxygens (including phenoxy) is 1. The molecule has 140 valence electrons. The van der Waals surface area contributed by atoms with E-state index in [9.17, 15) is 4.79 Å². The number of benzene rings is 1. The Labute approximate surface area is 160 Å². The SMILES string of the molecule is CC(NC1CCCCN(C(=O)OC(C)(C)C)C1)c1cccc(Cl)c1Cl. The fraction of sp³-hybridized carbons (Fsp3) is 0.632. The number of likely N-dealkylation sites (tertiary alicyclic amines) is 1. The monoisotopic (exact) mass is 386 g/mol. The molecule has 1 saturated heterocycles. The van der Waals surface area contributed by atoms with Crippen LogP contribution >= 0.6 is 23.2 Å². The van der Waals surface area contributed by atoms with Gasteiger partial charge < -0.3 is 15.0 Å². The summed E-state index contributed by atoms with van der Waals surface area (Å²) in [6.45, 7) is 9.11. The molecule has 1 fully saturated rings. The standard InChI is InChI=1S/C19H28Cl2N2O2/c1-13(15-9-7-10-16(20)17(15)21)22-14-8-5-6-11-23(12-14)18(24)25-19(2,3)4/h7,9-10,13-14,22H,5-6,8,11-12H2,1-4H3. The second kappa shape index (κ2) is 8.61. The molecule has 6 heteroatoms. The number of amides is 1. The van der Waals surface area contributed by atoms with Gasteiger partial charge in [0, 0.05) is 25.2 Å². The van der Waals surface area contributed by atoms with Crippen molar-refractivity contribution in [2.45, 2.75) is 64.6 Å². The van der Waals surface area contributed by atoms with Crippen LogP contribution in [0.5, 0.6) is 0 Å². The zero-order chi connectivity index (χ0) is 18.6. The Balaban J connectivity index is 2.03. The van der Waals surface area contributed by atoms with E-state index >= 15 is 0 Å². The lowest BCUT2D eigenvalue weighted by atomic mass is 10.1. The Bertz CT molecular complexity index is 602. The fourth-order valence-corrected chi connectivity index (χ4v) is 3.54. The van der Waals surface area contributed by atoms with E-state index in [4.69, 9.17) is 27.9 Å². The Hall–Kier alpha value is -0.970. The predicted octanol–water partition coefficient (Wildman–Crippen LogP) is 5.43. The Morgan fingerprint density at radius 3 is 2.72 bits per heavy atom. The summed E-state index contributed by atoms with van der Waals surface area (Å²) >= 11 is 12.5. The summed E-state index contributed by atoms with van der Waals surface area (Å²) in [6.07, 6.45) is 2.84. The quantitative estimate of drug-likeness (QED) is 0.752. The fourth-order valence-electron chi connectivity index (χ4n) is 3.07. The number of hydrogen-bond donors (Lipinski definition) is 1. The first kappa shape index (κ1) is 20.3. The predicted molar refractivity (Wildman–Crippen MR) is 103 cm³/mol. The number of nitrogens with one attached hydrogen (secondary N) is 1. The van der Waals surface area contributed by atoms with Crippen LogP contribution in [-0.4, -0.2) is 35.7 Å². The van der Waals surface area contributed by atoms with Crippen LogP contribution in [0.2, 0.25) is 10.0 Å². The van der Waals surface area contributed by atoms with Crippen LogP contribution in [-0.2, 0) is 4.74 Å². The molecule has 1 aliphatic heterocycles. The van der Waals surface area contributed by atoms with Gasteiger partial charge >= 0.3 is 6.09 Å². The molecular formula is C19H28Cl2N2O2. The molecule has 25 heavy (non-hydrogen) atoms. The third-order valence-corrected chi connectivity index (χ3v) is 5.09. The first-order chi connectivity index (χ1) is 11.7. The van der Waals surface area contributed by atoms with Crippen LogP contribution in [0.4, 0.5) is 4.79 Å². The zero-order valence-electron chi connectivity index (χ0n) is 15.4. The van der Waals surface area contributed by atoms with E-state index in [2.05, 4.69) is 12.2 Å². The van der Waals surface area contributed by atoms with Gasteiger partial charge in [-0.2, -0.15) is 0 Å². The first-order valence-electron chi connectivity index (χ1n) is 8.85. The van der Waals surface area contributed by atoms with Gasteiger partial charge in [0.15, 0.2) is 0 Å². The molecular weight excluding hydrogens is 359 g/mol. The lowest BCUT2D eigenvalue weighted by molar-refractivity contribution is 0.0242. The average Bonchev–Trinajstić information content (AvgIpc) is 2.74. The lowest BCUT2D eigenvalue weighted by Crippen LogP contribution is -2.45. The highest BCUT2D eigenvalue weighted by Crippen LogP contribution is 2.30. The third kappa shape index (κ3) is 6.05. The molecule has 1 amide bonds. The zero-order valence-corrected chi connectivity index (χ0v) is 17.0. The van der Waals surface area contributed by atoms with Crippen molar-refractivity contribution in [1.82, 2.24) is 10.2 Å². The molecule has 1 aromatic carbocycles. The smallest absolute Gasteiger partial charge is 0.410 e. The second-order valence-electron chi connectivity index (χ2n) is 7.65. The summed E-state index contributed by atoms with van der Waals surface area (Å²) in [6, 6.07) is 5.92. The molecule has 0 bridgehead atoms. The molecule has 0 aliphatic carbocycles. The van der Waals surface area contributed by atoms with Gasteiger partial charge in [-0.05, 0) is 52.2 Å². The molecule has 2 rings (SSSR count). The largest absolute Gasteiger partial charge is 0.444 e. The van der Waals surface area contributed by atoms with Crippen molar-refractivity contribution in [3.8, 4) is 0 Å². The Morgan fingerprint density at radius 2 is 2.04 bits per heavy atom. The van der Waals surface area contributed by atoms with E-state index in [1.807, 2.05) is 37.8 Å². The molecule has 2 atom stereocenters. The number of carbonyl (C=O) groups is 1. The van der Waals surface area contributed by atoms with Crippen molar-refractivity contribution in [2.24, 2.45) is 0 Å². The molecule has 1 aromatic rings. The van der Waals surface area contributed by atoms with Gasteiger partial charge in [-0.25, -0.2) is 4.79 Å². The van der Waals surface area contributed by atoms with Gasteiger partial charge in [0.25, 0.3) is 0 Å². The topological polar surface area (TPSA) is 41.6 Å². The van der Waals surface area contributed by atoms with Gasteiger partial charge in [0.2, 0.25) is 0 Å². The van der Waals surface area contributed by atoms with Gasteiger partial charge in [0.1, 0.15) is 5.60 Å². The maximum atomic E-state index is 12.4. The van der Waals surface area contributed by atoms with Crippen molar-refractivity contribution in [3.63, 3.8) is 0 Å². The van der Waals surface area contributed by atoms with Crippen molar-refractivity contribution in [2.75, 3.05) is 13.1 Å². The minimum Gasteiger partial charge on any atom is -0.444 e. The number of carbonyl (C=O) groups excluding carboxylic acids is 1. The molecule has 1 heterocycles. The van der Waals surface area contributed by atoms with Crippen LogP contribution in [0, 0.1) is 0 Å². The second-order valence-corrected chi connectivity index (χ2v) is 8.44. The minimum absolute atomic E-state index is 0.0507. The number of halogens is 2. The van der Waals surface area contributed by atoms with Crippen molar-refractivity contribution in [3.05, 3.63) is 33.8 Å². The molecule has 1 N–H and O–H groups in total. The van der Waals surface area contributed by atoms with Crippen LogP contribution < -0.4 is 5.32 Å². The average molecular weight is 387 g/mol. The molecule has 0 saturated carbocycles. The van der Waals surface area contributed by atoms with E-state index in [1.54, 1.807) is 6.07 Å². The summed E-state index contributed by atoms with van der Waals surface area (Å²) < 4.78 is 5.53. The molecule has 0 aromatic heterocycles. The summed E-state index contributed by atoms with van der Waals surface area (Å²) in [4.78, 5) is 14.2. The highest BCUT2D eigenvalue weighted by molar-refractivity contribution is 6.42. The molecule has 2 unspecified atom stereocenters. The maximum Gasteiger partial charge on any atom is 0.410 e. The van der Waals surface area contributed by atoms with Gasteiger partial charge in [-0.3, -0.25) is 0 Å². The van der Waals surface area contributed by atoms with Crippen molar-refractivity contribution in [1.29, 1.82) is 0 Å². The normalized spacial score (nSPS) is 20.1.